The predicted octanol–water partition coefficient (Wildman–Crippen LogP) is 2.85. The lowest BCUT2D eigenvalue weighted by molar-refractivity contribution is -0.149. The van der Waals surface area contributed by atoms with E-state index in [0.717, 1.165) is 12.8 Å². The molecule has 0 amide bonds. The molecule has 13 heavy (non-hydrogen) atoms. The highest BCUT2D eigenvalue weighted by Gasteiger charge is 2.36. The van der Waals surface area contributed by atoms with Crippen molar-refractivity contribution in [2.24, 2.45) is 11.7 Å². The summed E-state index contributed by atoms with van der Waals surface area (Å²) in [6.45, 7) is 0. The van der Waals surface area contributed by atoms with Gasteiger partial charge in [-0.3, -0.25) is 0 Å². The Kier molecular flexibility index (Phi) is 3.59. The first-order valence-electron chi connectivity index (χ1n) is 4.82. The number of hydrogen-bond acceptors (Lipinski definition) is 1. The van der Waals surface area contributed by atoms with Crippen molar-refractivity contribution < 1.29 is 13.2 Å². The van der Waals surface area contributed by atoms with Gasteiger partial charge in [-0.1, -0.05) is 25.7 Å². The molecule has 1 unspecified atom stereocenters. The van der Waals surface area contributed by atoms with Crippen LogP contribution < -0.4 is 5.73 Å². The summed E-state index contributed by atoms with van der Waals surface area (Å²) in [6, 6.07) is -1.62. The SMILES string of the molecule is NC(CCC1CCCC1)C(F)(F)F. The summed E-state index contributed by atoms with van der Waals surface area (Å²) in [5, 5.41) is 0. The maximum absolute atomic E-state index is 12.0. The second-order valence-corrected chi connectivity index (χ2v) is 3.88. The lowest BCUT2D eigenvalue weighted by Crippen LogP contribution is -2.37. The third-order valence-corrected chi connectivity index (χ3v) is 2.78. The van der Waals surface area contributed by atoms with Gasteiger partial charge in [-0.2, -0.15) is 13.2 Å². The van der Waals surface area contributed by atoms with Crippen molar-refractivity contribution in [3.63, 3.8) is 0 Å². The minimum atomic E-state index is -4.21. The van der Waals surface area contributed by atoms with E-state index in [4.69, 9.17) is 5.73 Å². The summed E-state index contributed by atoms with van der Waals surface area (Å²) >= 11 is 0. The van der Waals surface area contributed by atoms with Crippen LogP contribution in [0.15, 0.2) is 0 Å². The van der Waals surface area contributed by atoms with E-state index in [1.807, 2.05) is 0 Å². The Morgan fingerprint density at radius 1 is 1.23 bits per heavy atom. The van der Waals surface area contributed by atoms with Crippen LogP contribution in [0.1, 0.15) is 38.5 Å². The Bertz CT molecular complexity index is 149. The van der Waals surface area contributed by atoms with E-state index < -0.39 is 12.2 Å². The molecule has 0 aromatic rings. The molecule has 1 nitrogen and oxygen atoms in total. The first kappa shape index (κ1) is 10.8. The lowest BCUT2D eigenvalue weighted by Gasteiger charge is -2.17. The summed E-state index contributed by atoms with van der Waals surface area (Å²) in [5.41, 5.74) is 5.00. The van der Waals surface area contributed by atoms with Crippen LogP contribution >= 0.6 is 0 Å². The summed E-state index contributed by atoms with van der Waals surface area (Å²) in [7, 11) is 0. The van der Waals surface area contributed by atoms with Crippen LogP contribution in [0.5, 0.6) is 0 Å². The molecule has 0 aliphatic heterocycles. The summed E-state index contributed by atoms with van der Waals surface area (Å²) in [5.74, 6) is 0.494. The molecule has 1 fully saturated rings. The molecule has 4 heteroatoms. The van der Waals surface area contributed by atoms with Gasteiger partial charge < -0.3 is 5.73 Å². The Morgan fingerprint density at radius 2 is 1.77 bits per heavy atom. The van der Waals surface area contributed by atoms with Crippen molar-refractivity contribution in [2.75, 3.05) is 0 Å². The van der Waals surface area contributed by atoms with Gasteiger partial charge >= 0.3 is 6.18 Å². The highest BCUT2D eigenvalue weighted by atomic mass is 19.4. The van der Waals surface area contributed by atoms with Crippen LogP contribution in [0.4, 0.5) is 13.2 Å². The molecule has 2 N–H and O–H groups in total. The molecule has 0 radical (unpaired) electrons. The van der Waals surface area contributed by atoms with E-state index in [1.165, 1.54) is 12.8 Å². The van der Waals surface area contributed by atoms with Crippen molar-refractivity contribution in [1.82, 2.24) is 0 Å². The lowest BCUT2D eigenvalue weighted by atomic mass is 9.99. The van der Waals surface area contributed by atoms with Crippen LogP contribution in [0, 0.1) is 5.92 Å². The van der Waals surface area contributed by atoms with Gasteiger partial charge in [0.05, 0.1) is 0 Å². The molecule has 1 aliphatic rings. The largest absolute Gasteiger partial charge is 0.403 e. The van der Waals surface area contributed by atoms with Gasteiger partial charge in [0.1, 0.15) is 6.04 Å². The number of rotatable bonds is 3. The second kappa shape index (κ2) is 4.31. The predicted molar refractivity (Wildman–Crippen MR) is 45.2 cm³/mol. The zero-order valence-electron chi connectivity index (χ0n) is 7.61. The van der Waals surface area contributed by atoms with E-state index in [1.54, 1.807) is 0 Å². The molecule has 78 valence electrons. The molecule has 0 heterocycles. The van der Waals surface area contributed by atoms with Crippen molar-refractivity contribution in [2.45, 2.75) is 50.7 Å². The topological polar surface area (TPSA) is 26.0 Å². The molecule has 1 rings (SSSR count). The Morgan fingerprint density at radius 3 is 2.23 bits per heavy atom. The zero-order valence-corrected chi connectivity index (χ0v) is 7.61. The fourth-order valence-electron chi connectivity index (χ4n) is 1.88. The number of halogens is 3. The molecule has 1 atom stereocenters. The van der Waals surface area contributed by atoms with E-state index in [0.29, 0.717) is 12.3 Å². The molecule has 0 aromatic carbocycles. The van der Waals surface area contributed by atoms with Crippen LogP contribution in [0.3, 0.4) is 0 Å². The zero-order chi connectivity index (χ0) is 9.90. The Hall–Kier alpha value is -0.250. The normalized spacial score (nSPS) is 22.2. The molecule has 1 aliphatic carbocycles. The van der Waals surface area contributed by atoms with Gasteiger partial charge in [-0.15, -0.1) is 0 Å². The fourth-order valence-corrected chi connectivity index (χ4v) is 1.88. The minimum Gasteiger partial charge on any atom is -0.320 e. The Balaban J connectivity index is 2.17. The first-order valence-corrected chi connectivity index (χ1v) is 4.82. The quantitative estimate of drug-likeness (QED) is 0.736. The number of hydrogen-bond donors (Lipinski definition) is 1. The minimum absolute atomic E-state index is 0.0914. The molecule has 0 saturated heterocycles. The molecular formula is C9H16F3N. The standard InChI is InChI=1S/C9H16F3N/c10-9(11,12)8(13)6-5-7-3-1-2-4-7/h7-8H,1-6,13H2. The summed E-state index contributed by atoms with van der Waals surface area (Å²) in [4.78, 5) is 0. The van der Waals surface area contributed by atoms with E-state index in [2.05, 4.69) is 0 Å². The highest BCUT2D eigenvalue weighted by Crippen LogP contribution is 2.31. The van der Waals surface area contributed by atoms with Gasteiger partial charge in [0.2, 0.25) is 0 Å². The third-order valence-electron chi connectivity index (χ3n) is 2.78. The van der Waals surface area contributed by atoms with E-state index in [9.17, 15) is 13.2 Å². The van der Waals surface area contributed by atoms with Crippen LogP contribution in [0.25, 0.3) is 0 Å². The monoisotopic (exact) mass is 195 g/mol. The second-order valence-electron chi connectivity index (χ2n) is 3.88. The van der Waals surface area contributed by atoms with E-state index >= 15 is 0 Å². The molecule has 0 bridgehead atoms. The maximum Gasteiger partial charge on any atom is 0.403 e. The molecule has 0 aromatic heterocycles. The maximum atomic E-state index is 12.0. The van der Waals surface area contributed by atoms with Crippen LogP contribution in [0.2, 0.25) is 0 Å². The smallest absolute Gasteiger partial charge is 0.320 e. The van der Waals surface area contributed by atoms with Crippen molar-refractivity contribution in [3.8, 4) is 0 Å². The average Bonchev–Trinajstić information content (AvgIpc) is 2.50. The van der Waals surface area contributed by atoms with Gasteiger partial charge in [0.25, 0.3) is 0 Å². The Labute approximate surface area is 76.5 Å². The highest BCUT2D eigenvalue weighted by molar-refractivity contribution is 4.74. The first-order chi connectivity index (χ1) is 6.00. The summed E-state index contributed by atoms with van der Waals surface area (Å²) in [6.07, 6.45) is 1.04. The molecule has 0 spiro atoms. The average molecular weight is 195 g/mol. The van der Waals surface area contributed by atoms with Gasteiger partial charge in [-0.05, 0) is 18.8 Å². The van der Waals surface area contributed by atoms with E-state index in [-0.39, 0.29) is 6.42 Å². The molecule has 1 saturated carbocycles. The van der Waals surface area contributed by atoms with Crippen molar-refractivity contribution in [3.05, 3.63) is 0 Å². The van der Waals surface area contributed by atoms with Crippen LogP contribution in [-0.4, -0.2) is 12.2 Å². The summed E-state index contributed by atoms with van der Waals surface area (Å²) < 4.78 is 36.0. The number of alkyl halides is 3. The van der Waals surface area contributed by atoms with Crippen molar-refractivity contribution in [1.29, 1.82) is 0 Å². The fraction of sp³-hybridized carbons (Fsp3) is 1.00. The van der Waals surface area contributed by atoms with Gasteiger partial charge in [0.15, 0.2) is 0 Å². The van der Waals surface area contributed by atoms with Gasteiger partial charge in [0, 0.05) is 0 Å². The van der Waals surface area contributed by atoms with Gasteiger partial charge in [-0.25, -0.2) is 0 Å². The van der Waals surface area contributed by atoms with Crippen LogP contribution in [-0.2, 0) is 0 Å². The molecular weight excluding hydrogens is 179 g/mol. The number of nitrogens with two attached hydrogens (primary N) is 1. The van der Waals surface area contributed by atoms with Crippen molar-refractivity contribution >= 4 is 0 Å². The third kappa shape index (κ3) is 3.55.